The van der Waals surface area contributed by atoms with E-state index in [-0.39, 0.29) is 17.9 Å². The predicted octanol–water partition coefficient (Wildman–Crippen LogP) is 2.57. The summed E-state index contributed by atoms with van der Waals surface area (Å²) < 4.78 is 0. The van der Waals surface area contributed by atoms with Crippen LogP contribution >= 0.6 is 11.8 Å². The third-order valence-corrected chi connectivity index (χ3v) is 6.23. The van der Waals surface area contributed by atoms with Crippen LogP contribution < -0.4 is 5.32 Å². The summed E-state index contributed by atoms with van der Waals surface area (Å²) in [5.74, 6) is 2.40. The first-order chi connectivity index (χ1) is 13.0. The number of para-hydroxylation sites is 1. The van der Waals surface area contributed by atoms with Crippen LogP contribution in [-0.2, 0) is 11.3 Å². The third-order valence-electron chi connectivity index (χ3n) is 5.29. The van der Waals surface area contributed by atoms with Crippen LogP contribution in [0.2, 0.25) is 0 Å². The molecule has 148 valence electrons. The van der Waals surface area contributed by atoms with Crippen molar-refractivity contribution in [1.29, 1.82) is 0 Å². The summed E-state index contributed by atoms with van der Waals surface area (Å²) in [5, 5.41) is 3.15. The lowest BCUT2D eigenvalue weighted by atomic mass is 9.95. The molecule has 3 rings (SSSR count). The number of nitrogens with one attached hydrogen (secondary N) is 1. The quantitative estimate of drug-likeness (QED) is 0.859. The molecule has 2 saturated heterocycles. The number of carbonyl (C=O) groups is 2. The van der Waals surface area contributed by atoms with E-state index in [0.29, 0.717) is 13.1 Å². The molecular formula is C20H30N4O2S. The van der Waals surface area contributed by atoms with Crippen molar-refractivity contribution in [3.05, 3.63) is 29.8 Å². The fourth-order valence-electron chi connectivity index (χ4n) is 3.63. The number of anilines is 1. The van der Waals surface area contributed by atoms with Crippen LogP contribution in [0, 0.1) is 5.92 Å². The van der Waals surface area contributed by atoms with Gasteiger partial charge in [0.1, 0.15) is 0 Å². The van der Waals surface area contributed by atoms with Crippen molar-refractivity contribution in [3.8, 4) is 0 Å². The molecule has 6 nitrogen and oxygen atoms in total. The van der Waals surface area contributed by atoms with Crippen molar-refractivity contribution in [2.75, 3.05) is 57.1 Å². The van der Waals surface area contributed by atoms with E-state index in [1.54, 1.807) is 19.0 Å². The third kappa shape index (κ3) is 5.39. The van der Waals surface area contributed by atoms with E-state index < -0.39 is 0 Å². The first-order valence-electron chi connectivity index (χ1n) is 9.69. The van der Waals surface area contributed by atoms with Gasteiger partial charge in [0.2, 0.25) is 5.91 Å². The van der Waals surface area contributed by atoms with Gasteiger partial charge in [0, 0.05) is 69.9 Å². The maximum Gasteiger partial charge on any atom is 0.319 e. The Morgan fingerprint density at radius 2 is 1.78 bits per heavy atom. The highest BCUT2D eigenvalue weighted by molar-refractivity contribution is 7.99. The lowest BCUT2D eigenvalue weighted by Gasteiger charge is -2.33. The molecule has 2 aliphatic heterocycles. The smallest absolute Gasteiger partial charge is 0.319 e. The Balaban J connectivity index is 1.56. The standard InChI is InChI=1S/C20H30N4O2S/c1-22(2)20(26)24-9-7-16(8-10-24)19(25)21-18-6-4-3-5-17(18)15-23-11-13-27-14-12-23/h3-6,16H,7-15H2,1-2H3,(H,21,25). The van der Waals surface area contributed by atoms with Gasteiger partial charge < -0.3 is 15.1 Å². The molecule has 0 unspecified atom stereocenters. The highest BCUT2D eigenvalue weighted by Crippen LogP contribution is 2.23. The predicted molar refractivity (Wildman–Crippen MR) is 111 cm³/mol. The molecule has 0 spiro atoms. The first-order valence-corrected chi connectivity index (χ1v) is 10.8. The van der Waals surface area contributed by atoms with Crippen LogP contribution in [0.4, 0.5) is 10.5 Å². The van der Waals surface area contributed by atoms with Gasteiger partial charge in [-0.2, -0.15) is 11.8 Å². The number of piperidine rings is 1. The van der Waals surface area contributed by atoms with E-state index in [2.05, 4.69) is 16.3 Å². The van der Waals surface area contributed by atoms with E-state index in [1.807, 2.05) is 34.9 Å². The normalized spacial score (nSPS) is 19.0. The number of amides is 3. The average molecular weight is 391 g/mol. The molecule has 0 radical (unpaired) electrons. The fourth-order valence-corrected chi connectivity index (χ4v) is 4.61. The molecule has 2 heterocycles. The van der Waals surface area contributed by atoms with Crippen molar-refractivity contribution >= 4 is 29.4 Å². The van der Waals surface area contributed by atoms with E-state index in [0.717, 1.165) is 38.2 Å². The Hall–Kier alpha value is -1.73. The fraction of sp³-hybridized carbons (Fsp3) is 0.600. The number of carbonyl (C=O) groups excluding carboxylic acids is 2. The summed E-state index contributed by atoms with van der Waals surface area (Å²) in [6.45, 7) is 4.37. The summed E-state index contributed by atoms with van der Waals surface area (Å²) in [7, 11) is 3.53. The molecule has 2 fully saturated rings. The largest absolute Gasteiger partial charge is 0.331 e. The first kappa shape index (κ1) is 20.0. The van der Waals surface area contributed by atoms with Crippen LogP contribution in [0.15, 0.2) is 24.3 Å². The van der Waals surface area contributed by atoms with E-state index in [4.69, 9.17) is 0 Å². The van der Waals surface area contributed by atoms with Gasteiger partial charge in [0.05, 0.1) is 0 Å². The zero-order valence-electron chi connectivity index (χ0n) is 16.3. The molecule has 0 aromatic heterocycles. The summed E-state index contributed by atoms with van der Waals surface area (Å²) >= 11 is 2.00. The van der Waals surface area contributed by atoms with Gasteiger partial charge in [-0.1, -0.05) is 18.2 Å². The maximum absolute atomic E-state index is 12.8. The van der Waals surface area contributed by atoms with Crippen LogP contribution in [0.5, 0.6) is 0 Å². The molecular weight excluding hydrogens is 360 g/mol. The summed E-state index contributed by atoms with van der Waals surface area (Å²) in [6.07, 6.45) is 1.44. The number of urea groups is 1. The van der Waals surface area contributed by atoms with Crippen LogP contribution in [0.3, 0.4) is 0 Å². The van der Waals surface area contributed by atoms with Gasteiger partial charge in [-0.3, -0.25) is 9.69 Å². The molecule has 0 saturated carbocycles. The Labute approximate surface area is 166 Å². The summed E-state index contributed by atoms with van der Waals surface area (Å²) in [4.78, 5) is 30.7. The molecule has 1 aromatic carbocycles. The second-order valence-corrected chi connectivity index (χ2v) is 8.70. The monoisotopic (exact) mass is 390 g/mol. The SMILES string of the molecule is CN(C)C(=O)N1CCC(C(=O)Nc2ccccc2CN2CCSCC2)CC1. The second kappa shape index (κ2) is 9.46. The van der Waals surface area contributed by atoms with Crippen LogP contribution in [0.25, 0.3) is 0 Å². The van der Waals surface area contributed by atoms with Gasteiger partial charge in [0.25, 0.3) is 0 Å². The van der Waals surface area contributed by atoms with E-state index >= 15 is 0 Å². The lowest BCUT2D eigenvalue weighted by molar-refractivity contribution is -0.121. The Bertz CT molecular complexity index is 653. The maximum atomic E-state index is 12.8. The Morgan fingerprint density at radius 1 is 1.11 bits per heavy atom. The molecule has 3 amide bonds. The number of hydrogen-bond acceptors (Lipinski definition) is 4. The van der Waals surface area contributed by atoms with Crippen LogP contribution in [0.1, 0.15) is 18.4 Å². The molecule has 1 N–H and O–H groups in total. The van der Waals surface area contributed by atoms with Crippen molar-refractivity contribution in [2.24, 2.45) is 5.92 Å². The van der Waals surface area contributed by atoms with Crippen molar-refractivity contribution in [2.45, 2.75) is 19.4 Å². The minimum absolute atomic E-state index is 0.0268. The zero-order chi connectivity index (χ0) is 19.2. The van der Waals surface area contributed by atoms with Gasteiger partial charge >= 0.3 is 6.03 Å². The minimum atomic E-state index is -0.0318. The molecule has 27 heavy (non-hydrogen) atoms. The van der Waals surface area contributed by atoms with Crippen molar-refractivity contribution in [1.82, 2.24) is 14.7 Å². The Kier molecular flexibility index (Phi) is 7.01. The second-order valence-electron chi connectivity index (χ2n) is 7.47. The van der Waals surface area contributed by atoms with Gasteiger partial charge in [-0.15, -0.1) is 0 Å². The number of likely N-dealkylation sites (tertiary alicyclic amines) is 1. The summed E-state index contributed by atoms with van der Waals surface area (Å²) in [6, 6.07) is 8.14. The van der Waals surface area contributed by atoms with Gasteiger partial charge in [0.15, 0.2) is 0 Å². The van der Waals surface area contributed by atoms with Crippen molar-refractivity contribution < 1.29 is 9.59 Å². The topological polar surface area (TPSA) is 55.9 Å². The molecule has 2 aliphatic rings. The van der Waals surface area contributed by atoms with E-state index in [9.17, 15) is 9.59 Å². The lowest BCUT2D eigenvalue weighted by Crippen LogP contribution is -2.45. The molecule has 1 aromatic rings. The van der Waals surface area contributed by atoms with Crippen molar-refractivity contribution in [3.63, 3.8) is 0 Å². The van der Waals surface area contributed by atoms with Crippen LogP contribution in [-0.4, -0.2) is 78.4 Å². The molecule has 0 aliphatic carbocycles. The number of benzene rings is 1. The summed E-state index contributed by atoms with van der Waals surface area (Å²) in [5.41, 5.74) is 2.10. The number of rotatable bonds is 4. The average Bonchev–Trinajstić information content (AvgIpc) is 2.69. The molecule has 0 atom stereocenters. The number of thioether (sulfide) groups is 1. The molecule has 7 heteroatoms. The molecule has 0 bridgehead atoms. The van der Waals surface area contributed by atoms with Gasteiger partial charge in [-0.05, 0) is 24.5 Å². The van der Waals surface area contributed by atoms with Gasteiger partial charge in [-0.25, -0.2) is 4.79 Å². The number of hydrogen-bond donors (Lipinski definition) is 1. The minimum Gasteiger partial charge on any atom is -0.331 e. The highest BCUT2D eigenvalue weighted by Gasteiger charge is 2.28. The van der Waals surface area contributed by atoms with E-state index in [1.165, 1.54) is 17.1 Å². The highest BCUT2D eigenvalue weighted by atomic mass is 32.2. The zero-order valence-corrected chi connectivity index (χ0v) is 17.1. The Morgan fingerprint density at radius 3 is 2.44 bits per heavy atom. The number of nitrogens with zero attached hydrogens (tertiary/aromatic N) is 3.